The summed E-state index contributed by atoms with van der Waals surface area (Å²) in [5, 5.41) is 3.77. The first-order valence-electron chi connectivity index (χ1n) is 5.57. The van der Waals surface area contributed by atoms with E-state index >= 15 is 0 Å². The third-order valence-electron chi connectivity index (χ3n) is 2.70. The third-order valence-corrected chi connectivity index (χ3v) is 4.09. The van der Waals surface area contributed by atoms with Crippen molar-refractivity contribution in [1.82, 2.24) is 4.98 Å². The van der Waals surface area contributed by atoms with Crippen LogP contribution >= 0.6 is 11.8 Å². The Kier molecular flexibility index (Phi) is 3.73. The monoisotopic (exact) mass is 252 g/mol. The van der Waals surface area contributed by atoms with E-state index in [2.05, 4.69) is 10.3 Å². The van der Waals surface area contributed by atoms with E-state index in [1.54, 1.807) is 6.07 Å². The average Bonchev–Trinajstić information content (AvgIpc) is 2.80. The Morgan fingerprint density at radius 1 is 1.65 bits per heavy atom. The largest absolute Gasteiger partial charge is 0.397 e. The van der Waals surface area contributed by atoms with Gasteiger partial charge in [0.1, 0.15) is 5.82 Å². The number of anilines is 2. The summed E-state index contributed by atoms with van der Waals surface area (Å²) in [6, 6.07) is 1.56. The Bertz CT molecular complexity index is 418. The number of hydrogen-bond donors (Lipinski definition) is 3. The van der Waals surface area contributed by atoms with Gasteiger partial charge in [-0.15, -0.1) is 0 Å². The SMILES string of the molecule is NC(=O)c1cc(N)cnc1NCC1CCCS1. The van der Waals surface area contributed by atoms with Gasteiger partial charge in [-0.05, 0) is 24.7 Å². The molecule has 2 rings (SSSR count). The number of nitrogens with zero attached hydrogens (tertiary/aromatic N) is 1. The number of aromatic nitrogens is 1. The zero-order valence-electron chi connectivity index (χ0n) is 9.48. The Hall–Kier alpha value is -1.43. The molecule has 0 aliphatic carbocycles. The number of nitrogens with two attached hydrogens (primary N) is 2. The lowest BCUT2D eigenvalue weighted by Crippen LogP contribution is -2.19. The molecule has 0 aromatic carbocycles. The second kappa shape index (κ2) is 5.27. The first kappa shape index (κ1) is 12.0. The number of primary amides is 1. The van der Waals surface area contributed by atoms with E-state index < -0.39 is 5.91 Å². The zero-order chi connectivity index (χ0) is 12.3. The predicted octanol–water partition coefficient (Wildman–Crippen LogP) is 1.07. The molecule has 0 saturated carbocycles. The van der Waals surface area contributed by atoms with E-state index in [0.29, 0.717) is 22.3 Å². The van der Waals surface area contributed by atoms with E-state index in [4.69, 9.17) is 11.5 Å². The van der Waals surface area contributed by atoms with Crippen LogP contribution in [0.3, 0.4) is 0 Å². The van der Waals surface area contributed by atoms with Gasteiger partial charge >= 0.3 is 0 Å². The maximum atomic E-state index is 11.3. The van der Waals surface area contributed by atoms with Crippen molar-refractivity contribution in [1.29, 1.82) is 0 Å². The summed E-state index contributed by atoms with van der Waals surface area (Å²) in [6.07, 6.45) is 3.99. The third kappa shape index (κ3) is 3.03. The summed E-state index contributed by atoms with van der Waals surface area (Å²) in [6.45, 7) is 0.807. The maximum Gasteiger partial charge on any atom is 0.252 e. The molecule has 6 heteroatoms. The number of amides is 1. The summed E-state index contributed by atoms with van der Waals surface area (Å²) in [5.74, 6) is 1.23. The van der Waals surface area contributed by atoms with Crippen LogP contribution in [0, 0.1) is 0 Å². The van der Waals surface area contributed by atoms with Gasteiger partial charge in [-0.1, -0.05) is 0 Å². The Morgan fingerprint density at radius 3 is 3.12 bits per heavy atom. The molecular weight excluding hydrogens is 236 g/mol. The number of hydrogen-bond acceptors (Lipinski definition) is 5. The van der Waals surface area contributed by atoms with Crippen LogP contribution < -0.4 is 16.8 Å². The fourth-order valence-corrected chi connectivity index (χ4v) is 3.03. The second-order valence-electron chi connectivity index (χ2n) is 4.04. The van der Waals surface area contributed by atoms with Crippen LogP contribution in [0.15, 0.2) is 12.3 Å². The van der Waals surface area contributed by atoms with Gasteiger partial charge in [-0.3, -0.25) is 4.79 Å². The van der Waals surface area contributed by atoms with Gasteiger partial charge in [-0.25, -0.2) is 4.98 Å². The minimum absolute atomic E-state index is 0.355. The lowest BCUT2D eigenvalue weighted by atomic mass is 10.2. The summed E-state index contributed by atoms with van der Waals surface area (Å²) >= 11 is 1.95. The van der Waals surface area contributed by atoms with Crippen molar-refractivity contribution in [2.75, 3.05) is 23.3 Å². The van der Waals surface area contributed by atoms with Gasteiger partial charge in [0.25, 0.3) is 5.91 Å². The Morgan fingerprint density at radius 2 is 2.47 bits per heavy atom. The van der Waals surface area contributed by atoms with Crippen LogP contribution in [0.25, 0.3) is 0 Å². The number of carbonyl (C=O) groups excluding carboxylic acids is 1. The molecule has 1 amide bonds. The number of nitrogen functional groups attached to an aromatic ring is 1. The molecule has 17 heavy (non-hydrogen) atoms. The highest BCUT2D eigenvalue weighted by Gasteiger charge is 2.17. The van der Waals surface area contributed by atoms with E-state index in [0.717, 1.165) is 6.54 Å². The quantitative estimate of drug-likeness (QED) is 0.745. The van der Waals surface area contributed by atoms with Crippen LogP contribution in [-0.4, -0.2) is 28.4 Å². The highest BCUT2D eigenvalue weighted by Crippen LogP contribution is 2.26. The molecular formula is C11H16N4OS. The summed E-state index contributed by atoms with van der Waals surface area (Å²) < 4.78 is 0. The summed E-state index contributed by atoms with van der Waals surface area (Å²) in [5.41, 5.74) is 11.7. The van der Waals surface area contributed by atoms with Crippen molar-refractivity contribution >= 4 is 29.2 Å². The molecule has 1 fully saturated rings. The van der Waals surface area contributed by atoms with E-state index in [1.807, 2.05) is 11.8 Å². The normalized spacial score (nSPS) is 19.2. The van der Waals surface area contributed by atoms with Crippen molar-refractivity contribution in [3.05, 3.63) is 17.8 Å². The van der Waals surface area contributed by atoms with Gasteiger partial charge in [-0.2, -0.15) is 11.8 Å². The highest BCUT2D eigenvalue weighted by molar-refractivity contribution is 8.00. The first-order valence-corrected chi connectivity index (χ1v) is 6.62. The highest BCUT2D eigenvalue weighted by atomic mass is 32.2. The molecule has 1 aliphatic heterocycles. The lowest BCUT2D eigenvalue weighted by Gasteiger charge is -2.12. The van der Waals surface area contributed by atoms with Crippen LogP contribution in [0.4, 0.5) is 11.5 Å². The number of carbonyl (C=O) groups is 1. The van der Waals surface area contributed by atoms with Gasteiger partial charge < -0.3 is 16.8 Å². The lowest BCUT2D eigenvalue weighted by molar-refractivity contribution is 0.100. The zero-order valence-corrected chi connectivity index (χ0v) is 10.3. The summed E-state index contributed by atoms with van der Waals surface area (Å²) in [4.78, 5) is 15.4. The Balaban J connectivity index is 2.06. The van der Waals surface area contributed by atoms with Crippen molar-refractivity contribution in [2.24, 2.45) is 5.73 Å². The van der Waals surface area contributed by atoms with Gasteiger partial charge in [0.2, 0.25) is 0 Å². The van der Waals surface area contributed by atoms with Gasteiger partial charge in [0.15, 0.2) is 0 Å². The molecule has 1 aromatic rings. The molecule has 1 atom stereocenters. The fraction of sp³-hybridized carbons (Fsp3) is 0.455. The minimum Gasteiger partial charge on any atom is -0.397 e. The molecule has 0 radical (unpaired) electrons. The van der Waals surface area contributed by atoms with Gasteiger partial charge in [0, 0.05) is 11.8 Å². The molecule has 0 bridgehead atoms. The molecule has 1 saturated heterocycles. The minimum atomic E-state index is -0.508. The van der Waals surface area contributed by atoms with E-state index in [9.17, 15) is 4.79 Å². The number of rotatable bonds is 4. The van der Waals surface area contributed by atoms with Crippen molar-refractivity contribution < 1.29 is 4.79 Å². The molecule has 1 unspecified atom stereocenters. The number of nitrogens with one attached hydrogen (secondary N) is 1. The van der Waals surface area contributed by atoms with Crippen molar-refractivity contribution in [2.45, 2.75) is 18.1 Å². The second-order valence-corrected chi connectivity index (χ2v) is 5.45. The standard InChI is InChI=1S/C11H16N4OS/c12-7-4-9(10(13)16)11(14-5-7)15-6-8-2-1-3-17-8/h4-5,8H,1-3,6,12H2,(H2,13,16)(H,14,15). The van der Waals surface area contributed by atoms with Crippen molar-refractivity contribution in [3.8, 4) is 0 Å². The smallest absolute Gasteiger partial charge is 0.252 e. The molecule has 5 N–H and O–H groups in total. The summed E-state index contributed by atoms with van der Waals surface area (Å²) in [7, 11) is 0. The maximum absolute atomic E-state index is 11.3. The molecule has 0 spiro atoms. The fourth-order valence-electron chi connectivity index (χ4n) is 1.83. The molecule has 1 aliphatic rings. The number of pyridine rings is 1. The number of thioether (sulfide) groups is 1. The van der Waals surface area contributed by atoms with Crippen LogP contribution in [0.5, 0.6) is 0 Å². The van der Waals surface area contributed by atoms with E-state index in [-0.39, 0.29) is 0 Å². The predicted molar refractivity (Wildman–Crippen MR) is 71.1 cm³/mol. The van der Waals surface area contributed by atoms with Crippen molar-refractivity contribution in [3.63, 3.8) is 0 Å². The Labute approximate surface area is 104 Å². The molecule has 2 heterocycles. The average molecular weight is 252 g/mol. The van der Waals surface area contributed by atoms with E-state index in [1.165, 1.54) is 24.8 Å². The first-order chi connectivity index (χ1) is 8.16. The van der Waals surface area contributed by atoms with Gasteiger partial charge in [0.05, 0.1) is 17.4 Å². The topological polar surface area (TPSA) is 94.0 Å². The molecule has 92 valence electrons. The van der Waals surface area contributed by atoms with Crippen LogP contribution in [0.2, 0.25) is 0 Å². The van der Waals surface area contributed by atoms with Crippen LogP contribution in [0.1, 0.15) is 23.2 Å². The molecule has 5 nitrogen and oxygen atoms in total. The van der Waals surface area contributed by atoms with Crippen LogP contribution in [-0.2, 0) is 0 Å². The molecule has 1 aromatic heterocycles.